The van der Waals surface area contributed by atoms with Crippen LogP contribution in [0, 0.1) is 12.8 Å². The summed E-state index contributed by atoms with van der Waals surface area (Å²) in [4.78, 5) is 11.3. The van der Waals surface area contributed by atoms with E-state index in [1.54, 1.807) is 0 Å². The lowest BCUT2D eigenvalue weighted by atomic mass is 10.0. The van der Waals surface area contributed by atoms with Crippen LogP contribution in [0.4, 0.5) is 0 Å². The Kier molecular flexibility index (Phi) is 3.05. The van der Waals surface area contributed by atoms with Crippen LogP contribution in [0.5, 0.6) is 0 Å². The van der Waals surface area contributed by atoms with Gasteiger partial charge in [-0.2, -0.15) is 0 Å². The standard InChI is InChI=1S/C16H19NO2/c1-3-16(18)17-9-11-8-13(11)12-5-4-6-15-14(12)7-10(2)19-15/h4-7,11,13H,3,8-9H2,1-2H3,(H,17,18)/t11-,13+/m0/s1. The molecule has 2 atom stereocenters. The van der Waals surface area contributed by atoms with E-state index < -0.39 is 0 Å². The minimum absolute atomic E-state index is 0.142. The predicted molar refractivity (Wildman–Crippen MR) is 75.1 cm³/mol. The molecule has 1 aliphatic carbocycles. The molecule has 1 fully saturated rings. The van der Waals surface area contributed by atoms with Crippen molar-refractivity contribution < 1.29 is 9.21 Å². The van der Waals surface area contributed by atoms with Gasteiger partial charge >= 0.3 is 0 Å². The Labute approximate surface area is 113 Å². The Morgan fingerprint density at radius 2 is 2.32 bits per heavy atom. The van der Waals surface area contributed by atoms with Crippen molar-refractivity contribution in [3.8, 4) is 0 Å². The number of carbonyl (C=O) groups excluding carboxylic acids is 1. The molecule has 2 aromatic rings. The minimum atomic E-state index is 0.142. The van der Waals surface area contributed by atoms with E-state index in [0.717, 1.165) is 24.3 Å². The van der Waals surface area contributed by atoms with Crippen LogP contribution in [-0.4, -0.2) is 12.5 Å². The zero-order valence-electron chi connectivity index (χ0n) is 11.4. The highest BCUT2D eigenvalue weighted by molar-refractivity contribution is 5.83. The number of carbonyl (C=O) groups is 1. The molecule has 1 saturated carbocycles. The lowest BCUT2D eigenvalue weighted by Crippen LogP contribution is -2.24. The summed E-state index contributed by atoms with van der Waals surface area (Å²) >= 11 is 0. The van der Waals surface area contributed by atoms with Crippen molar-refractivity contribution >= 4 is 16.9 Å². The Bertz CT molecular complexity index is 614. The molecule has 0 spiro atoms. The molecule has 0 unspecified atom stereocenters. The van der Waals surface area contributed by atoms with Gasteiger partial charge in [-0.15, -0.1) is 0 Å². The second-order valence-corrected chi connectivity index (χ2v) is 5.38. The van der Waals surface area contributed by atoms with Gasteiger partial charge in [0.1, 0.15) is 11.3 Å². The fourth-order valence-corrected chi connectivity index (χ4v) is 2.76. The Balaban J connectivity index is 1.74. The quantitative estimate of drug-likeness (QED) is 0.912. The molecule has 0 aliphatic heterocycles. The fourth-order valence-electron chi connectivity index (χ4n) is 2.76. The van der Waals surface area contributed by atoms with E-state index in [1.807, 2.05) is 19.9 Å². The number of furan rings is 1. The van der Waals surface area contributed by atoms with Gasteiger partial charge in [-0.3, -0.25) is 4.79 Å². The van der Waals surface area contributed by atoms with Gasteiger partial charge in [-0.25, -0.2) is 0 Å². The highest BCUT2D eigenvalue weighted by Gasteiger charge is 2.39. The van der Waals surface area contributed by atoms with Crippen LogP contribution >= 0.6 is 0 Å². The van der Waals surface area contributed by atoms with E-state index in [4.69, 9.17) is 4.42 Å². The van der Waals surface area contributed by atoms with Crippen molar-refractivity contribution in [3.63, 3.8) is 0 Å². The average molecular weight is 257 g/mol. The maximum absolute atomic E-state index is 11.3. The van der Waals surface area contributed by atoms with E-state index in [9.17, 15) is 4.79 Å². The minimum Gasteiger partial charge on any atom is -0.461 e. The van der Waals surface area contributed by atoms with Gasteiger partial charge in [-0.05, 0) is 42.9 Å². The molecule has 0 radical (unpaired) electrons. The molecule has 19 heavy (non-hydrogen) atoms. The Morgan fingerprint density at radius 3 is 3.11 bits per heavy atom. The number of hydrogen-bond donors (Lipinski definition) is 1. The number of aryl methyl sites for hydroxylation is 1. The number of hydrogen-bond acceptors (Lipinski definition) is 2. The van der Waals surface area contributed by atoms with Crippen molar-refractivity contribution in [2.75, 3.05) is 6.54 Å². The Morgan fingerprint density at radius 1 is 1.47 bits per heavy atom. The van der Waals surface area contributed by atoms with Crippen LogP contribution in [-0.2, 0) is 4.79 Å². The summed E-state index contributed by atoms with van der Waals surface area (Å²) in [6.07, 6.45) is 1.72. The first-order chi connectivity index (χ1) is 9.19. The van der Waals surface area contributed by atoms with Crippen molar-refractivity contribution in [1.82, 2.24) is 5.32 Å². The SMILES string of the molecule is CCC(=O)NC[C@@H]1C[C@H]1c1cccc2oc(C)cc12. The topological polar surface area (TPSA) is 42.2 Å². The third-order valence-electron chi connectivity index (χ3n) is 3.92. The lowest BCUT2D eigenvalue weighted by Gasteiger charge is -2.04. The van der Waals surface area contributed by atoms with Crippen molar-refractivity contribution in [2.45, 2.75) is 32.6 Å². The van der Waals surface area contributed by atoms with E-state index in [-0.39, 0.29) is 5.91 Å². The highest BCUT2D eigenvalue weighted by Crippen LogP contribution is 2.49. The number of fused-ring (bicyclic) bond motifs is 1. The van der Waals surface area contributed by atoms with Crippen LogP contribution in [0.2, 0.25) is 0 Å². The molecular formula is C16H19NO2. The van der Waals surface area contributed by atoms with Crippen LogP contribution in [0.25, 0.3) is 11.0 Å². The third kappa shape index (κ3) is 2.37. The van der Waals surface area contributed by atoms with Gasteiger partial charge in [0.25, 0.3) is 0 Å². The van der Waals surface area contributed by atoms with E-state index in [0.29, 0.717) is 18.3 Å². The van der Waals surface area contributed by atoms with Crippen LogP contribution in [0.3, 0.4) is 0 Å². The lowest BCUT2D eigenvalue weighted by molar-refractivity contribution is -0.120. The fraction of sp³-hybridized carbons (Fsp3) is 0.438. The monoisotopic (exact) mass is 257 g/mol. The van der Waals surface area contributed by atoms with Gasteiger partial charge in [-0.1, -0.05) is 19.1 Å². The second-order valence-electron chi connectivity index (χ2n) is 5.38. The molecule has 100 valence electrons. The summed E-state index contributed by atoms with van der Waals surface area (Å²) in [6.45, 7) is 4.66. The number of amides is 1. The van der Waals surface area contributed by atoms with Gasteiger partial charge in [0, 0.05) is 18.4 Å². The summed E-state index contributed by atoms with van der Waals surface area (Å²) in [5.74, 6) is 2.25. The van der Waals surface area contributed by atoms with Crippen LogP contribution in [0.1, 0.15) is 37.0 Å². The summed E-state index contributed by atoms with van der Waals surface area (Å²) in [7, 11) is 0. The maximum atomic E-state index is 11.3. The molecular weight excluding hydrogens is 238 g/mol. The van der Waals surface area contributed by atoms with Crippen molar-refractivity contribution in [1.29, 1.82) is 0 Å². The molecule has 0 bridgehead atoms. The molecule has 3 heteroatoms. The summed E-state index contributed by atoms with van der Waals surface area (Å²) in [5.41, 5.74) is 2.34. The first-order valence-electron chi connectivity index (χ1n) is 6.94. The summed E-state index contributed by atoms with van der Waals surface area (Å²) in [6, 6.07) is 8.37. The number of nitrogens with one attached hydrogen (secondary N) is 1. The summed E-state index contributed by atoms with van der Waals surface area (Å²) < 4.78 is 5.67. The highest BCUT2D eigenvalue weighted by atomic mass is 16.3. The molecule has 1 aliphatic rings. The largest absolute Gasteiger partial charge is 0.461 e. The smallest absolute Gasteiger partial charge is 0.219 e. The Hall–Kier alpha value is -1.77. The van der Waals surface area contributed by atoms with Crippen LogP contribution in [0.15, 0.2) is 28.7 Å². The van der Waals surface area contributed by atoms with Gasteiger partial charge in [0.2, 0.25) is 5.91 Å². The first kappa shape index (κ1) is 12.3. The zero-order valence-corrected chi connectivity index (χ0v) is 11.4. The molecule has 1 N–H and O–H groups in total. The van der Waals surface area contributed by atoms with Crippen molar-refractivity contribution in [2.24, 2.45) is 5.92 Å². The number of rotatable bonds is 4. The number of benzene rings is 1. The van der Waals surface area contributed by atoms with Gasteiger partial charge in [0.15, 0.2) is 0 Å². The van der Waals surface area contributed by atoms with Crippen LogP contribution < -0.4 is 5.32 Å². The molecule has 3 nitrogen and oxygen atoms in total. The zero-order chi connectivity index (χ0) is 13.4. The van der Waals surface area contributed by atoms with E-state index in [2.05, 4.69) is 23.5 Å². The van der Waals surface area contributed by atoms with E-state index >= 15 is 0 Å². The predicted octanol–water partition coefficient (Wildman–Crippen LogP) is 3.37. The second kappa shape index (κ2) is 4.72. The van der Waals surface area contributed by atoms with Gasteiger partial charge < -0.3 is 9.73 Å². The molecule has 1 aromatic heterocycles. The van der Waals surface area contributed by atoms with Crippen molar-refractivity contribution in [3.05, 3.63) is 35.6 Å². The maximum Gasteiger partial charge on any atom is 0.219 e. The molecule has 1 amide bonds. The van der Waals surface area contributed by atoms with Gasteiger partial charge in [0.05, 0.1) is 0 Å². The van der Waals surface area contributed by atoms with E-state index in [1.165, 1.54) is 10.9 Å². The molecule has 1 aromatic carbocycles. The molecule has 0 saturated heterocycles. The summed E-state index contributed by atoms with van der Waals surface area (Å²) in [5, 5.41) is 4.22. The first-order valence-corrected chi connectivity index (χ1v) is 6.94. The molecule has 1 heterocycles. The third-order valence-corrected chi connectivity index (χ3v) is 3.92. The molecule has 3 rings (SSSR count). The normalized spacial score (nSPS) is 21.6. The average Bonchev–Trinajstić information content (AvgIpc) is 3.07.